The topological polar surface area (TPSA) is 29.4 Å². The molecule has 0 spiro atoms. The Morgan fingerprint density at radius 3 is 2.45 bits per heavy atom. The third kappa shape index (κ3) is 6.71. The Balaban J connectivity index is 4.01. The lowest BCUT2D eigenvalue weighted by molar-refractivity contribution is -0.115. The van der Waals surface area contributed by atoms with Crippen LogP contribution in [0.25, 0.3) is 0 Å². The number of rotatable bonds is 2. The van der Waals surface area contributed by atoms with Gasteiger partial charge in [-0.3, -0.25) is 4.79 Å². The third-order valence-electron chi connectivity index (χ3n) is 1.02. The highest BCUT2D eigenvalue weighted by atomic mass is 16.1. The van der Waals surface area contributed by atoms with Gasteiger partial charge >= 0.3 is 0 Å². The normalized spacial score (nSPS) is 13.2. The van der Waals surface area contributed by atoms with Crippen LogP contribution in [0, 0.1) is 0 Å². The summed E-state index contributed by atoms with van der Waals surface area (Å²) in [5, 5.41) is 0. The van der Waals surface area contributed by atoms with Gasteiger partial charge in [0.05, 0.1) is 0 Å². The van der Waals surface area contributed by atoms with Crippen LogP contribution in [-0.4, -0.2) is 12.1 Å². The molecule has 0 atom stereocenters. The Bertz CT molecular complexity index is 212. The van der Waals surface area contributed by atoms with Gasteiger partial charge in [-0.15, -0.1) is 0 Å². The molecular formula is C9H13NO. The van der Waals surface area contributed by atoms with Gasteiger partial charge < -0.3 is 0 Å². The summed E-state index contributed by atoms with van der Waals surface area (Å²) in [6.07, 6.45) is 7.19. The number of carbonyl (C=O) groups excluding carboxylic acids is 1. The van der Waals surface area contributed by atoms with E-state index < -0.39 is 0 Å². The first-order chi connectivity index (χ1) is 5.16. The van der Waals surface area contributed by atoms with Crippen molar-refractivity contribution in [1.82, 2.24) is 0 Å². The Morgan fingerprint density at radius 2 is 2.00 bits per heavy atom. The summed E-state index contributed by atoms with van der Waals surface area (Å²) in [4.78, 5) is 13.9. The van der Waals surface area contributed by atoms with E-state index in [4.69, 9.17) is 0 Å². The number of nitrogens with zero attached hydrogens (tertiary/aromatic N) is 1. The number of amides is 1. The molecule has 0 aromatic heterocycles. The van der Waals surface area contributed by atoms with Crippen molar-refractivity contribution in [3.05, 3.63) is 23.8 Å². The smallest absolute Gasteiger partial charge is 0.242 e. The summed E-state index contributed by atoms with van der Waals surface area (Å²) in [5.41, 5.74) is 1.08. The Kier molecular flexibility index (Phi) is 4.99. The first-order valence-corrected chi connectivity index (χ1v) is 3.51. The predicted octanol–water partition coefficient (Wildman–Crippen LogP) is 2.13. The lowest BCUT2D eigenvalue weighted by atomic mass is 10.3. The zero-order valence-corrected chi connectivity index (χ0v) is 7.16. The van der Waals surface area contributed by atoms with Crippen LogP contribution in [0.2, 0.25) is 0 Å². The highest BCUT2D eigenvalue weighted by Gasteiger charge is 1.79. The van der Waals surface area contributed by atoms with Gasteiger partial charge in [0.2, 0.25) is 5.91 Å². The number of hydrogen-bond acceptors (Lipinski definition) is 1. The van der Waals surface area contributed by atoms with Gasteiger partial charge in [-0.1, -0.05) is 12.2 Å². The van der Waals surface area contributed by atoms with Crippen LogP contribution in [0.3, 0.4) is 0 Å². The second-order valence-corrected chi connectivity index (χ2v) is 2.21. The molecule has 0 saturated heterocycles. The summed E-state index contributed by atoms with van der Waals surface area (Å²) in [6.45, 7) is 5.32. The van der Waals surface area contributed by atoms with Crippen LogP contribution >= 0.6 is 0 Å². The molecule has 2 heteroatoms. The van der Waals surface area contributed by atoms with Gasteiger partial charge in [0.25, 0.3) is 0 Å². The largest absolute Gasteiger partial charge is 0.273 e. The number of carbonyl (C=O) groups is 1. The van der Waals surface area contributed by atoms with E-state index in [0.29, 0.717) is 0 Å². The molecule has 0 aromatic rings. The molecule has 0 aromatic carbocycles. The van der Waals surface area contributed by atoms with E-state index in [1.165, 1.54) is 13.1 Å². The minimum absolute atomic E-state index is 0.172. The molecule has 0 radical (unpaired) electrons. The summed E-state index contributed by atoms with van der Waals surface area (Å²) >= 11 is 0. The SMILES string of the molecule is C/C=C\C(C)=C/C=NC(C)=O. The minimum Gasteiger partial charge on any atom is -0.273 e. The average molecular weight is 151 g/mol. The number of allylic oxidation sites excluding steroid dienone is 4. The molecule has 0 bridgehead atoms. The first-order valence-electron chi connectivity index (χ1n) is 3.51. The van der Waals surface area contributed by atoms with Crippen LogP contribution in [-0.2, 0) is 4.79 Å². The van der Waals surface area contributed by atoms with Crippen LogP contribution in [0.5, 0.6) is 0 Å². The summed E-state index contributed by atoms with van der Waals surface area (Å²) < 4.78 is 0. The van der Waals surface area contributed by atoms with E-state index >= 15 is 0 Å². The van der Waals surface area contributed by atoms with Gasteiger partial charge in [-0.2, -0.15) is 0 Å². The fourth-order valence-electron chi connectivity index (χ4n) is 0.578. The van der Waals surface area contributed by atoms with E-state index in [1.807, 2.05) is 26.0 Å². The van der Waals surface area contributed by atoms with Crippen LogP contribution < -0.4 is 0 Å². The van der Waals surface area contributed by atoms with Gasteiger partial charge in [-0.25, -0.2) is 4.99 Å². The van der Waals surface area contributed by atoms with E-state index in [9.17, 15) is 4.79 Å². The molecule has 0 aliphatic heterocycles. The molecule has 0 unspecified atom stereocenters. The standard InChI is InChI=1S/C9H13NO/c1-4-5-8(2)6-7-10-9(3)11/h4-7H,1-3H3/b5-4-,8-6-,10-7?. The molecule has 11 heavy (non-hydrogen) atoms. The summed E-state index contributed by atoms with van der Waals surface area (Å²) in [7, 11) is 0. The maximum Gasteiger partial charge on any atom is 0.242 e. The summed E-state index contributed by atoms with van der Waals surface area (Å²) in [6, 6.07) is 0. The van der Waals surface area contributed by atoms with Gasteiger partial charge in [-0.05, 0) is 25.5 Å². The van der Waals surface area contributed by atoms with Gasteiger partial charge in [0, 0.05) is 13.1 Å². The molecule has 2 nitrogen and oxygen atoms in total. The van der Waals surface area contributed by atoms with Crippen molar-refractivity contribution in [2.45, 2.75) is 20.8 Å². The Hall–Kier alpha value is -1.18. The Labute approximate surface area is 67.3 Å². The summed E-state index contributed by atoms with van der Waals surface area (Å²) in [5.74, 6) is -0.172. The lowest BCUT2D eigenvalue weighted by Crippen LogP contribution is -1.81. The fourth-order valence-corrected chi connectivity index (χ4v) is 0.578. The Morgan fingerprint density at radius 1 is 1.36 bits per heavy atom. The van der Waals surface area contributed by atoms with Crippen molar-refractivity contribution in [1.29, 1.82) is 0 Å². The zero-order chi connectivity index (χ0) is 8.69. The molecule has 1 amide bonds. The van der Waals surface area contributed by atoms with E-state index in [-0.39, 0.29) is 5.91 Å². The van der Waals surface area contributed by atoms with Crippen LogP contribution in [0.4, 0.5) is 0 Å². The number of aliphatic imine (C=N–C) groups is 1. The maximum atomic E-state index is 10.3. The van der Waals surface area contributed by atoms with Crippen molar-refractivity contribution in [3.63, 3.8) is 0 Å². The van der Waals surface area contributed by atoms with Crippen LogP contribution in [0.15, 0.2) is 28.8 Å². The van der Waals surface area contributed by atoms with E-state index in [2.05, 4.69) is 4.99 Å². The van der Waals surface area contributed by atoms with E-state index in [0.717, 1.165) is 5.57 Å². The quantitative estimate of drug-likeness (QED) is 0.439. The predicted molar refractivity (Wildman–Crippen MR) is 47.7 cm³/mol. The highest BCUT2D eigenvalue weighted by molar-refractivity contribution is 5.87. The number of hydrogen-bond donors (Lipinski definition) is 0. The molecule has 0 fully saturated rings. The third-order valence-corrected chi connectivity index (χ3v) is 1.02. The molecule has 0 aliphatic carbocycles. The van der Waals surface area contributed by atoms with Crippen LogP contribution in [0.1, 0.15) is 20.8 Å². The zero-order valence-electron chi connectivity index (χ0n) is 7.16. The molecule has 0 rings (SSSR count). The molecule has 0 aliphatic rings. The second-order valence-electron chi connectivity index (χ2n) is 2.21. The average Bonchev–Trinajstić information content (AvgIpc) is 1.87. The first kappa shape index (κ1) is 9.82. The molecular weight excluding hydrogens is 138 g/mol. The fraction of sp³-hybridized carbons (Fsp3) is 0.333. The molecule has 0 N–H and O–H groups in total. The lowest BCUT2D eigenvalue weighted by Gasteiger charge is -1.84. The van der Waals surface area contributed by atoms with Gasteiger partial charge in [0.15, 0.2) is 0 Å². The van der Waals surface area contributed by atoms with E-state index in [1.54, 1.807) is 6.08 Å². The highest BCUT2D eigenvalue weighted by Crippen LogP contribution is 1.91. The minimum atomic E-state index is -0.172. The molecule has 0 saturated carbocycles. The second kappa shape index (κ2) is 5.59. The van der Waals surface area contributed by atoms with Crippen molar-refractivity contribution in [2.75, 3.05) is 0 Å². The van der Waals surface area contributed by atoms with Gasteiger partial charge in [0.1, 0.15) is 0 Å². The van der Waals surface area contributed by atoms with Crippen molar-refractivity contribution < 1.29 is 4.79 Å². The van der Waals surface area contributed by atoms with Crippen molar-refractivity contribution in [3.8, 4) is 0 Å². The maximum absolute atomic E-state index is 10.3. The molecule has 60 valence electrons. The molecule has 0 heterocycles. The van der Waals surface area contributed by atoms with Crippen molar-refractivity contribution >= 4 is 12.1 Å². The monoisotopic (exact) mass is 151 g/mol. The van der Waals surface area contributed by atoms with Crippen molar-refractivity contribution in [2.24, 2.45) is 4.99 Å².